The quantitative estimate of drug-likeness (QED) is 0.158. The number of para-hydroxylation sites is 1. The SMILES string of the molecule is N#CNC(=N[C@H](Cc1cc(Br)c(O)c(Br)c1)C(=O)N1CCC(N2CCCCC2)CC1)N1CCC(N2CCc3ccccc3NC2=O)CC1. The van der Waals surface area contributed by atoms with Crippen molar-refractivity contribution in [2.45, 2.75) is 75.9 Å². The average molecular weight is 785 g/mol. The highest BCUT2D eigenvalue weighted by molar-refractivity contribution is 9.11. The first-order valence-electron chi connectivity index (χ1n) is 17.1. The van der Waals surface area contributed by atoms with Gasteiger partial charge in [-0.15, -0.1) is 0 Å². The number of halogens is 2. The van der Waals surface area contributed by atoms with E-state index in [-0.39, 0.29) is 23.7 Å². The average Bonchev–Trinajstić information content (AvgIpc) is 3.28. The van der Waals surface area contributed by atoms with Gasteiger partial charge in [0, 0.05) is 56.9 Å². The number of nitriles is 1. The summed E-state index contributed by atoms with van der Waals surface area (Å²) in [6.07, 6.45) is 10.3. The number of hydrogen-bond donors (Lipinski definition) is 3. The first kappa shape index (κ1) is 34.5. The van der Waals surface area contributed by atoms with E-state index in [1.165, 1.54) is 19.3 Å². The first-order valence-corrected chi connectivity index (χ1v) is 18.7. The predicted molar refractivity (Wildman–Crippen MR) is 193 cm³/mol. The zero-order chi connectivity index (χ0) is 33.6. The summed E-state index contributed by atoms with van der Waals surface area (Å²) < 4.78 is 1.06. The molecule has 4 heterocycles. The van der Waals surface area contributed by atoms with Crippen molar-refractivity contribution >= 4 is 55.4 Å². The number of rotatable bonds is 6. The zero-order valence-electron chi connectivity index (χ0n) is 27.2. The lowest BCUT2D eigenvalue weighted by molar-refractivity contribution is -0.134. The lowest BCUT2D eigenvalue weighted by Gasteiger charge is -2.41. The van der Waals surface area contributed by atoms with E-state index < -0.39 is 6.04 Å². The second kappa shape index (κ2) is 15.9. The third-order valence-corrected chi connectivity index (χ3v) is 11.5. The number of anilines is 1. The Bertz CT molecular complexity index is 1520. The van der Waals surface area contributed by atoms with E-state index in [2.05, 4.69) is 53.5 Å². The van der Waals surface area contributed by atoms with Crippen LogP contribution in [0.2, 0.25) is 0 Å². The van der Waals surface area contributed by atoms with Gasteiger partial charge in [-0.1, -0.05) is 24.6 Å². The molecule has 13 heteroatoms. The fourth-order valence-corrected chi connectivity index (χ4v) is 8.89. The van der Waals surface area contributed by atoms with Crippen LogP contribution in [0.5, 0.6) is 5.75 Å². The number of likely N-dealkylation sites (tertiary alicyclic amines) is 3. The molecule has 3 amide bonds. The number of phenolic OH excluding ortho intramolecular Hbond substituents is 1. The molecular formula is C35H44Br2N8O3. The van der Waals surface area contributed by atoms with Gasteiger partial charge in [0.2, 0.25) is 11.9 Å². The maximum absolute atomic E-state index is 14.2. The lowest BCUT2D eigenvalue weighted by Crippen LogP contribution is -2.53. The number of fused-ring (bicyclic) bond motifs is 1. The molecule has 0 saturated carbocycles. The highest BCUT2D eigenvalue weighted by Gasteiger charge is 2.34. The minimum absolute atomic E-state index is 0.0552. The van der Waals surface area contributed by atoms with Crippen LogP contribution in [0.15, 0.2) is 50.3 Å². The summed E-state index contributed by atoms with van der Waals surface area (Å²) in [5, 5.41) is 25.9. The van der Waals surface area contributed by atoms with E-state index in [1.54, 1.807) is 0 Å². The van der Waals surface area contributed by atoms with Crippen LogP contribution in [0.25, 0.3) is 0 Å². The molecule has 2 aromatic carbocycles. The van der Waals surface area contributed by atoms with Crippen molar-refractivity contribution in [3.8, 4) is 11.9 Å². The van der Waals surface area contributed by atoms with E-state index in [0.29, 0.717) is 60.1 Å². The normalized spacial score (nSPS) is 20.8. The smallest absolute Gasteiger partial charge is 0.322 e. The number of phenols is 1. The lowest BCUT2D eigenvalue weighted by atomic mass is 9.98. The van der Waals surface area contributed by atoms with Crippen LogP contribution in [0.4, 0.5) is 10.5 Å². The van der Waals surface area contributed by atoms with Crippen molar-refractivity contribution < 1.29 is 14.7 Å². The van der Waals surface area contributed by atoms with Crippen LogP contribution in [0, 0.1) is 11.5 Å². The number of nitrogens with one attached hydrogen (secondary N) is 2. The van der Waals surface area contributed by atoms with Crippen molar-refractivity contribution in [2.24, 2.45) is 4.99 Å². The third kappa shape index (κ3) is 8.09. The highest BCUT2D eigenvalue weighted by Crippen LogP contribution is 2.34. The Kier molecular flexibility index (Phi) is 11.4. The number of nitrogens with zero attached hydrogens (tertiary/aromatic N) is 6. The number of benzene rings is 2. The Hall–Kier alpha value is -3.34. The van der Waals surface area contributed by atoms with Gasteiger partial charge < -0.3 is 30.0 Å². The van der Waals surface area contributed by atoms with Gasteiger partial charge in [-0.25, -0.2) is 9.79 Å². The molecular weight excluding hydrogens is 740 g/mol. The molecule has 0 bridgehead atoms. The summed E-state index contributed by atoms with van der Waals surface area (Å²) in [7, 11) is 0. The summed E-state index contributed by atoms with van der Waals surface area (Å²) in [6, 6.07) is 11.3. The van der Waals surface area contributed by atoms with Gasteiger partial charge in [0.1, 0.15) is 11.8 Å². The minimum atomic E-state index is -0.761. The number of amides is 3. The minimum Gasteiger partial charge on any atom is -0.506 e. The Balaban J connectivity index is 1.17. The molecule has 256 valence electrons. The summed E-state index contributed by atoms with van der Waals surface area (Å²) in [4.78, 5) is 40.8. The Labute approximate surface area is 299 Å². The van der Waals surface area contributed by atoms with Crippen molar-refractivity contribution in [2.75, 3.05) is 51.1 Å². The van der Waals surface area contributed by atoms with E-state index in [4.69, 9.17) is 4.99 Å². The number of piperidine rings is 3. The molecule has 0 unspecified atom stereocenters. The number of aliphatic imine (C=N–C) groups is 1. The van der Waals surface area contributed by atoms with Crippen LogP contribution in [0.3, 0.4) is 0 Å². The van der Waals surface area contributed by atoms with Gasteiger partial charge >= 0.3 is 6.03 Å². The van der Waals surface area contributed by atoms with Gasteiger partial charge in [0.15, 0.2) is 6.19 Å². The molecule has 4 aliphatic heterocycles. The monoisotopic (exact) mass is 782 g/mol. The molecule has 2 aromatic rings. The van der Waals surface area contributed by atoms with E-state index in [0.717, 1.165) is 62.0 Å². The summed E-state index contributed by atoms with van der Waals surface area (Å²) in [5.74, 6) is 0.420. The largest absolute Gasteiger partial charge is 0.506 e. The van der Waals surface area contributed by atoms with Crippen LogP contribution in [0.1, 0.15) is 56.1 Å². The maximum Gasteiger partial charge on any atom is 0.322 e. The summed E-state index contributed by atoms with van der Waals surface area (Å²) >= 11 is 6.85. The predicted octanol–water partition coefficient (Wildman–Crippen LogP) is 5.29. The number of guanidine groups is 1. The molecule has 11 nitrogen and oxygen atoms in total. The molecule has 0 radical (unpaired) electrons. The molecule has 6 rings (SSSR count). The van der Waals surface area contributed by atoms with Crippen LogP contribution < -0.4 is 10.6 Å². The van der Waals surface area contributed by atoms with Crippen LogP contribution >= 0.6 is 31.9 Å². The Morgan fingerprint density at radius 2 is 1.60 bits per heavy atom. The second-order valence-electron chi connectivity index (χ2n) is 13.2. The van der Waals surface area contributed by atoms with Crippen molar-refractivity contribution in [3.05, 3.63) is 56.5 Å². The molecule has 0 aliphatic carbocycles. The summed E-state index contributed by atoms with van der Waals surface area (Å²) in [5.41, 5.74) is 2.84. The number of carbonyl (C=O) groups excluding carboxylic acids is 2. The van der Waals surface area contributed by atoms with Crippen molar-refractivity contribution in [1.82, 2.24) is 24.9 Å². The van der Waals surface area contributed by atoms with Gasteiger partial charge in [0.25, 0.3) is 0 Å². The molecule has 3 fully saturated rings. The molecule has 48 heavy (non-hydrogen) atoms. The van der Waals surface area contributed by atoms with E-state index in [9.17, 15) is 20.0 Å². The molecule has 0 spiro atoms. The Morgan fingerprint density at radius 1 is 0.958 bits per heavy atom. The highest BCUT2D eigenvalue weighted by atomic mass is 79.9. The molecule has 1 atom stereocenters. The van der Waals surface area contributed by atoms with Gasteiger partial charge in [0.05, 0.1) is 8.95 Å². The van der Waals surface area contributed by atoms with Crippen molar-refractivity contribution in [1.29, 1.82) is 5.26 Å². The summed E-state index contributed by atoms with van der Waals surface area (Å²) in [6.45, 7) is 5.49. The number of aromatic hydroxyl groups is 1. The topological polar surface area (TPSA) is 128 Å². The molecule has 3 saturated heterocycles. The third-order valence-electron chi connectivity index (χ3n) is 10.3. The fourth-order valence-electron chi connectivity index (χ4n) is 7.61. The zero-order valence-corrected chi connectivity index (χ0v) is 30.4. The van der Waals surface area contributed by atoms with E-state index >= 15 is 0 Å². The van der Waals surface area contributed by atoms with Gasteiger partial charge in [-0.3, -0.25) is 10.1 Å². The first-order chi connectivity index (χ1) is 23.3. The maximum atomic E-state index is 14.2. The fraction of sp³-hybridized carbons (Fsp3) is 0.543. The molecule has 4 aliphatic rings. The van der Waals surface area contributed by atoms with Gasteiger partial charge in [-0.2, -0.15) is 5.26 Å². The Morgan fingerprint density at radius 3 is 2.29 bits per heavy atom. The van der Waals surface area contributed by atoms with Crippen LogP contribution in [-0.2, 0) is 17.6 Å². The number of urea groups is 1. The number of carbonyl (C=O) groups is 2. The number of hydrogen-bond acceptors (Lipinski definition) is 6. The van der Waals surface area contributed by atoms with E-state index in [1.807, 2.05) is 51.2 Å². The van der Waals surface area contributed by atoms with Gasteiger partial charge in [-0.05, 0) is 119 Å². The molecule has 0 aromatic heterocycles. The second-order valence-corrected chi connectivity index (χ2v) is 14.9. The van der Waals surface area contributed by atoms with Crippen LogP contribution in [-0.4, -0.2) is 107 Å². The van der Waals surface area contributed by atoms with Crippen molar-refractivity contribution in [3.63, 3.8) is 0 Å². The molecule has 3 N–H and O–H groups in total. The standard InChI is InChI=1S/C35H44Br2N8O3/c36-28-20-24(21-29(37)32(28)46)22-31(33(47)43-15-9-26(10-16-43)42-13-4-1-5-14-42)40-34(39-23-38)44-17-11-27(12-18-44)45-19-8-25-6-2-3-7-30(25)41-35(45)48/h2-3,6-7,20-21,26-27,31,46H,1,4-5,8-19,22H2,(H,39,40)(H,41,48)/t31-/m1/s1.